The Morgan fingerprint density at radius 2 is 1.71 bits per heavy atom. The van der Waals surface area contributed by atoms with Crippen LogP contribution in [0.15, 0.2) is 58.4 Å². The van der Waals surface area contributed by atoms with Crippen molar-refractivity contribution in [1.82, 2.24) is 0 Å². The van der Waals surface area contributed by atoms with Gasteiger partial charge in [-0.1, -0.05) is 74.3 Å². The largest absolute Gasteiger partial charge is 0.144 e. The van der Waals surface area contributed by atoms with E-state index in [9.17, 15) is 0 Å². The molecule has 0 spiro atoms. The molecule has 0 aromatic heterocycles. The second-order valence-electron chi connectivity index (χ2n) is 6.09. The Morgan fingerprint density at radius 3 is 2.14 bits per heavy atom. The first kappa shape index (κ1) is 17.9. The lowest BCUT2D eigenvalue weighted by Crippen LogP contribution is -2.16. The Kier molecular flexibility index (Phi) is 6.16. The van der Waals surface area contributed by atoms with Gasteiger partial charge in [-0.15, -0.1) is 12.6 Å². The summed E-state index contributed by atoms with van der Waals surface area (Å²) in [5.41, 5.74) is 5.27. The summed E-state index contributed by atoms with van der Waals surface area (Å²) < 4.78 is 0. The molecule has 0 saturated carbocycles. The lowest BCUT2D eigenvalue weighted by atomic mass is 9.73. The second kappa shape index (κ2) is 7.22. The monoisotopic (exact) mass is 296 g/mol. The van der Waals surface area contributed by atoms with E-state index in [1.165, 1.54) is 0 Å². The van der Waals surface area contributed by atoms with Crippen molar-refractivity contribution in [2.24, 2.45) is 5.41 Å². The summed E-state index contributed by atoms with van der Waals surface area (Å²) >= 11 is 4.50. The number of hydrogen-bond donors (Lipinski definition) is 1. The lowest BCUT2D eigenvalue weighted by Gasteiger charge is -2.30. The average molecular weight is 296 g/mol. The van der Waals surface area contributed by atoms with Crippen molar-refractivity contribution in [1.29, 1.82) is 0 Å². The third-order valence-electron chi connectivity index (χ3n) is 4.24. The number of allylic oxidation sites excluding steroid dienone is 4. The fourth-order valence-electron chi connectivity index (χ4n) is 2.55. The molecule has 21 heavy (non-hydrogen) atoms. The first-order chi connectivity index (χ1) is 9.72. The van der Waals surface area contributed by atoms with Crippen LogP contribution in [-0.4, -0.2) is 7.85 Å². The number of hydrogen-bond acceptors (Lipinski definition) is 1. The predicted molar refractivity (Wildman–Crippen MR) is 99.7 cm³/mol. The Balaban J connectivity index is 3.47. The van der Waals surface area contributed by atoms with E-state index in [2.05, 4.69) is 66.0 Å². The van der Waals surface area contributed by atoms with E-state index in [1.54, 1.807) is 0 Å². The van der Waals surface area contributed by atoms with Gasteiger partial charge in [0.25, 0.3) is 0 Å². The summed E-state index contributed by atoms with van der Waals surface area (Å²) in [6.07, 6.45) is 1.01. The molecule has 0 atom stereocenters. The first-order valence-electron chi connectivity index (χ1n) is 7.34. The predicted octanol–water partition coefficient (Wildman–Crippen LogP) is 5.78. The zero-order valence-corrected chi connectivity index (χ0v) is 14.7. The minimum atomic E-state index is 0.00447. The van der Waals surface area contributed by atoms with Crippen LogP contribution in [0.5, 0.6) is 0 Å². The van der Waals surface area contributed by atoms with Gasteiger partial charge in [-0.3, -0.25) is 0 Å². The number of benzene rings is 1. The van der Waals surface area contributed by atoms with Crippen LogP contribution in [0.3, 0.4) is 0 Å². The van der Waals surface area contributed by atoms with Gasteiger partial charge in [0, 0.05) is 4.91 Å². The van der Waals surface area contributed by atoms with Gasteiger partial charge in [0.2, 0.25) is 0 Å². The van der Waals surface area contributed by atoms with E-state index in [0.717, 1.165) is 39.1 Å². The Morgan fingerprint density at radius 1 is 1.19 bits per heavy atom. The molecule has 0 fully saturated rings. The topological polar surface area (TPSA) is 0 Å². The molecule has 0 aliphatic carbocycles. The molecule has 0 N–H and O–H groups in total. The summed E-state index contributed by atoms with van der Waals surface area (Å²) in [4.78, 5) is 0.795. The maximum Gasteiger partial charge on any atom is 0.114 e. The van der Waals surface area contributed by atoms with Gasteiger partial charge >= 0.3 is 0 Å². The van der Waals surface area contributed by atoms with Crippen LogP contribution in [0.25, 0.3) is 5.57 Å². The highest BCUT2D eigenvalue weighted by Gasteiger charge is 2.24. The maximum atomic E-state index is 6.43. The summed E-state index contributed by atoms with van der Waals surface area (Å²) in [5.74, 6) is 0. The van der Waals surface area contributed by atoms with Gasteiger partial charge in [0.15, 0.2) is 0 Å². The normalized spacial score (nSPS) is 14.4. The fourth-order valence-corrected chi connectivity index (χ4v) is 3.02. The van der Waals surface area contributed by atoms with Crippen LogP contribution in [-0.2, 0) is 0 Å². The van der Waals surface area contributed by atoms with E-state index >= 15 is 0 Å². The molecule has 0 bridgehead atoms. The number of thiol groups is 1. The summed E-state index contributed by atoms with van der Waals surface area (Å²) in [5, 5.41) is 0. The molecule has 2 heteroatoms. The molecule has 2 radical (unpaired) electrons. The summed E-state index contributed by atoms with van der Waals surface area (Å²) in [6, 6.07) is 10.2. The van der Waals surface area contributed by atoms with E-state index in [-0.39, 0.29) is 5.41 Å². The summed E-state index contributed by atoms with van der Waals surface area (Å²) in [7, 11) is 6.43. The molecular weight excluding hydrogens is 271 g/mol. The molecule has 1 rings (SSSR count). The Hall–Kier alpha value is -1.15. The van der Waals surface area contributed by atoms with Gasteiger partial charge < -0.3 is 0 Å². The van der Waals surface area contributed by atoms with Crippen molar-refractivity contribution >= 4 is 26.0 Å². The van der Waals surface area contributed by atoms with Crippen molar-refractivity contribution in [3.63, 3.8) is 0 Å². The van der Waals surface area contributed by atoms with Gasteiger partial charge in [-0.2, -0.15) is 0 Å². The van der Waals surface area contributed by atoms with Crippen molar-refractivity contribution in [3.05, 3.63) is 64.0 Å². The zero-order chi connectivity index (χ0) is 16.2. The highest BCUT2D eigenvalue weighted by molar-refractivity contribution is 7.84. The molecule has 0 aliphatic heterocycles. The molecule has 0 aliphatic rings. The SMILES string of the molecule is [B]C(/C(C)=C(\C(=C)S)C(C)(C)CC)=C(/C)c1ccccc1. The minimum Gasteiger partial charge on any atom is -0.144 e. The summed E-state index contributed by atoms with van der Waals surface area (Å²) in [6.45, 7) is 14.7. The van der Waals surface area contributed by atoms with Crippen LogP contribution < -0.4 is 0 Å². The lowest BCUT2D eigenvalue weighted by molar-refractivity contribution is 0.436. The third kappa shape index (κ3) is 4.17. The standard InChI is InChI=1S/C19H25BS/c1-7-19(5,6)17(15(4)21)14(3)18(20)13(2)16-11-9-8-10-12-16/h8-12,21H,4,7H2,1-3,5-6H3/b17-14+,18-13-. The van der Waals surface area contributed by atoms with Gasteiger partial charge in [-0.25, -0.2) is 0 Å². The van der Waals surface area contributed by atoms with E-state index in [4.69, 9.17) is 7.85 Å². The molecule has 110 valence electrons. The minimum absolute atomic E-state index is 0.00447. The van der Waals surface area contributed by atoms with E-state index < -0.39 is 0 Å². The molecule has 0 amide bonds. The molecule has 0 unspecified atom stereocenters. The molecular formula is C19H25BS. The maximum absolute atomic E-state index is 6.43. The molecule has 0 nitrogen and oxygen atoms in total. The molecule has 0 saturated heterocycles. The smallest absolute Gasteiger partial charge is 0.114 e. The Labute approximate surface area is 136 Å². The van der Waals surface area contributed by atoms with Crippen molar-refractivity contribution in [3.8, 4) is 0 Å². The average Bonchev–Trinajstić information content (AvgIpc) is 2.45. The van der Waals surface area contributed by atoms with Crippen LogP contribution in [0.1, 0.15) is 46.6 Å². The second-order valence-corrected chi connectivity index (χ2v) is 6.63. The molecule has 1 aromatic rings. The van der Waals surface area contributed by atoms with Gasteiger partial charge in [0.1, 0.15) is 7.85 Å². The molecule has 1 aromatic carbocycles. The van der Waals surface area contributed by atoms with Gasteiger partial charge in [0.05, 0.1) is 0 Å². The van der Waals surface area contributed by atoms with Crippen molar-refractivity contribution in [2.75, 3.05) is 0 Å². The van der Waals surface area contributed by atoms with Gasteiger partial charge in [-0.05, 0) is 36.8 Å². The zero-order valence-electron chi connectivity index (χ0n) is 13.8. The van der Waals surface area contributed by atoms with E-state index in [1.807, 2.05) is 18.2 Å². The van der Waals surface area contributed by atoms with Crippen LogP contribution in [0.2, 0.25) is 0 Å². The van der Waals surface area contributed by atoms with Crippen LogP contribution in [0.4, 0.5) is 0 Å². The third-order valence-corrected chi connectivity index (χ3v) is 4.46. The van der Waals surface area contributed by atoms with E-state index in [0.29, 0.717) is 0 Å². The van der Waals surface area contributed by atoms with Crippen LogP contribution in [0, 0.1) is 5.41 Å². The fraction of sp³-hybridized carbons (Fsp3) is 0.368. The highest BCUT2D eigenvalue weighted by atomic mass is 32.1. The van der Waals surface area contributed by atoms with Crippen molar-refractivity contribution < 1.29 is 0 Å². The molecule has 0 heterocycles. The number of rotatable bonds is 5. The van der Waals surface area contributed by atoms with Crippen molar-refractivity contribution in [2.45, 2.75) is 41.0 Å². The Bertz CT molecular complexity index is 577. The first-order valence-corrected chi connectivity index (χ1v) is 7.78. The van der Waals surface area contributed by atoms with Crippen LogP contribution >= 0.6 is 12.6 Å². The highest BCUT2D eigenvalue weighted by Crippen LogP contribution is 2.40. The quantitative estimate of drug-likeness (QED) is 0.397.